The molecule has 1 heterocycles. The molecule has 1 aliphatic rings. The van der Waals surface area contributed by atoms with Gasteiger partial charge in [-0.15, -0.1) is 0 Å². The van der Waals surface area contributed by atoms with Crippen LogP contribution in [-0.2, 0) is 0 Å². The number of hydrogen-bond acceptors (Lipinski definition) is 6. The summed E-state index contributed by atoms with van der Waals surface area (Å²) >= 11 is 0. The third-order valence-corrected chi connectivity index (χ3v) is 7.28. The average Bonchev–Trinajstić information content (AvgIpc) is 2.88. The number of aromatic hydroxyl groups is 2. The fraction of sp³-hybridized carbons (Fsp3) is 0.355. The minimum Gasteiger partial charge on any atom is -0.508 e. The first kappa shape index (κ1) is 26.6. The van der Waals surface area contributed by atoms with Crippen LogP contribution in [0.1, 0.15) is 50.5 Å². The summed E-state index contributed by atoms with van der Waals surface area (Å²) in [7, 11) is 2.02. The van der Waals surface area contributed by atoms with E-state index in [1.165, 1.54) is 0 Å². The zero-order chi connectivity index (χ0) is 26.7. The van der Waals surface area contributed by atoms with Crippen molar-refractivity contribution in [3.63, 3.8) is 0 Å². The summed E-state index contributed by atoms with van der Waals surface area (Å²) in [5.41, 5.74) is 4.55. The summed E-state index contributed by atoms with van der Waals surface area (Å²) in [5, 5.41) is 30.0. The highest BCUT2D eigenvalue weighted by Gasteiger charge is 2.30. The van der Waals surface area contributed by atoms with Gasteiger partial charge in [0.2, 0.25) is 0 Å². The van der Waals surface area contributed by atoms with Crippen molar-refractivity contribution in [2.24, 2.45) is 5.92 Å². The molecular formula is C31H37NO5. The molecule has 0 saturated heterocycles. The quantitative estimate of drug-likeness (QED) is 0.338. The van der Waals surface area contributed by atoms with E-state index in [0.717, 1.165) is 33.6 Å². The Hall–Kier alpha value is -3.48. The zero-order valence-corrected chi connectivity index (χ0v) is 22.2. The fourth-order valence-corrected chi connectivity index (χ4v) is 4.93. The van der Waals surface area contributed by atoms with Crippen LogP contribution in [0, 0.1) is 5.92 Å². The van der Waals surface area contributed by atoms with E-state index in [-0.39, 0.29) is 30.2 Å². The second kappa shape index (κ2) is 11.3. The normalized spacial score (nSPS) is 16.9. The number of aliphatic hydroxyl groups excluding tert-OH is 1. The molecule has 0 amide bonds. The van der Waals surface area contributed by atoms with Crippen LogP contribution in [0.4, 0.5) is 0 Å². The van der Waals surface area contributed by atoms with E-state index in [9.17, 15) is 15.3 Å². The molecule has 3 aromatic carbocycles. The van der Waals surface area contributed by atoms with Crippen molar-refractivity contribution in [2.45, 2.75) is 45.9 Å². The first-order valence-corrected chi connectivity index (χ1v) is 12.7. The molecule has 6 nitrogen and oxygen atoms in total. The number of aliphatic hydroxyl groups is 1. The number of phenols is 2. The highest BCUT2D eigenvalue weighted by atomic mass is 16.5. The van der Waals surface area contributed by atoms with Gasteiger partial charge in [0, 0.05) is 23.2 Å². The zero-order valence-electron chi connectivity index (χ0n) is 22.2. The van der Waals surface area contributed by atoms with Gasteiger partial charge in [0.05, 0.1) is 6.61 Å². The standard InChI is InChI=1S/C31H37NO5/c1-19(2)28(17-33)32(5)20(3)18-36-26-12-9-22(10-13-26)31-30(23-7-6-8-24(34)15-23)21(4)27-16-25(35)11-14-29(27)37-31/h6-16,19-20,28,31,33-35H,17-18H2,1-5H3/t20-,28?,31?/m0/s1. The van der Waals surface area contributed by atoms with Gasteiger partial charge >= 0.3 is 0 Å². The van der Waals surface area contributed by atoms with Crippen LogP contribution >= 0.6 is 0 Å². The fourth-order valence-electron chi connectivity index (χ4n) is 4.93. The van der Waals surface area contributed by atoms with Crippen LogP contribution in [0.3, 0.4) is 0 Å². The van der Waals surface area contributed by atoms with Crippen molar-refractivity contribution in [2.75, 3.05) is 20.3 Å². The van der Waals surface area contributed by atoms with Crippen molar-refractivity contribution in [3.05, 3.63) is 83.4 Å². The van der Waals surface area contributed by atoms with Crippen LogP contribution in [0.15, 0.2) is 66.7 Å². The van der Waals surface area contributed by atoms with E-state index in [2.05, 4.69) is 25.7 Å². The first-order chi connectivity index (χ1) is 17.7. The monoisotopic (exact) mass is 503 g/mol. The van der Waals surface area contributed by atoms with Crippen LogP contribution in [0.25, 0.3) is 11.1 Å². The lowest BCUT2D eigenvalue weighted by atomic mass is 9.86. The number of benzene rings is 3. The highest BCUT2D eigenvalue weighted by Crippen LogP contribution is 2.47. The van der Waals surface area contributed by atoms with Gasteiger partial charge in [0.25, 0.3) is 0 Å². The summed E-state index contributed by atoms with van der Waals surface area (Å²) in [6, 6.07) is 20.4. The average molecular weight is 504 g/mol. The van der Waals surface area contributed by atoms with E-state index in [0.29, 0.717) is 18.3 Å². The Morgan fingerprint density at radius 2 is 1.65 bits per heavy atom. The predicted octanol–water partition coefficient (Wildman–Crippen LogP) is 5.88. The molecule has 1 aliphatic heterocycles. The minimum absolute atomic E-state index is 0.0834. The maximum absolute atomic E-state index is 10.1. The number of ether oxygens (including phenoxy) is 2. The lowest BCUT2D eigenvalue weighted by molar-refractivity contribution is 0.0639. The van der Waals surface area contributed by atoms with Crippen LogP contribution in [-0.4, -0.2) is 52.6 Å². The summed E-state index contributed by atoms with van der Waals surface area (Å²) in [4.78, 5) is 2.17. The van der Waals surface area contributed by atoms with Crippen molar-refractivity contribution in [1.29, 1.82) is 0 Å². The molecule has 0 radical (unpaired) electrons. The largest absolute Gasteiger partial charge is 0.508 e. The number of fused-ring (bicyclic) bond motifs is 1. The second-order valence-electron chi connectivity index (χ2n) is 10.2. The van der Waals surface area contributed by atoms with E-state index < -0.39 is 6.10 Å². The topological polar surface area (TPSA) is 82.4 Å². The van der Waals surface area contributed by atoms with E-state index in [1.807, 2.05) is 50.4 Å². The van der Waals surface area contributed by atoms with Gasteiger partial charge in [-0.1, -0.05) is 38.1 Å². The number of nitrogens with zero attached hydrogens (tertiary/aromatic N) is 1. The van der Waals surface area contributed by atoms with Gasteiger partial charge in [-0.25, -0.2) is 0 Å². The van der Waals surface area contributed by atoms with Crippen molar-refractivity contribution >= 4 is 11.1 Å². The van der Waals surface area contributed by atoms with Crippen LogP contribution in [0.5, 0.6) is 23.0 Å². The van der Waals surface area contributed by atoms with Gasteiger partial charge in [-0.3, -0.25) is 4.90 Å². The van der Waals surface area contributed by atoms with Gasteiger partial charge in [0.1, 0.15) is 35.7 Å². The lowest BCUT2D eigenvalue weighted by Gasteiger charge is -2.34. The molecule has 0 fully saturated rings. The number of likely N-dealkylation sites (N-methyl/N-ethyl adjacent to an activating group) is 1. The Labute approximate surface area is 219 Å². The van der Waals surface area contributed by atoms with Crippen molar-refractivity contribution in [1.82, 2.24) is 4.90 Å². The Morgan fingerprint density at radius 3 is 2.30 bits per heavy atom. The number of hydrogen-bond donors (Lipinski definition) is 3. The van der Waals surface area contributed by atoms with Gasteiger partial charge < -0.3 is 24.8 Å². The maximum atomic E-state index is 10.1. The summed E-state index contributed by atoms with van der Waals surface area (Å²) in [6.07, 6.45) is -0.394. The maximum Gasteiger partial charge on any atom is 0.150 e. The number of allylic oxidation sites excluding steroid dienone is 1. The molecule has 3 atom stereocenters. The van der Waals surface area contributed by atoms with Crippen LogP contribution in [0.2, 0.25) is 0 Å². The third-order valence-electron chi connectivity index (χ3n) is 7.28. The molecule has 196 valence electrons. The Balaban J connectivity index is 1.58. The van der Waals surface area contributed by atoms with Crippen molar-refractivity contribution < 1.29 is 24.8 Å². The Bertz CT molecular complexity index is 1250. The Morgan fingerprint density at radius 1 is 0.946 bits per heavy atom. The third kappa shape index (κ3) is 5.76. The second-order valence-corrected chi connectivity index (χ2v) is 10.2. The Kier molecular flexibility index (Phi) is 8.10. The lowest BCUT2D eigenvalue weighted by Crippen LogP contribution is -2.46. The number of rotatable bonds is 9. The van der Waals surface area contributed by atoms with E-state index >= 15 is 0 Å². The molecule has 3 N–H and O–H groups in total. The summed E-state index contributed by atoms with van der Waals surface area (Å²) in [5.74, 6) is 2.16. The van der Waals surface area contributed by atoms with Gasteiger partial charge in [0.15, 0.2) is 0 Å². The summed E-state index contributed by atoms with van der Waals surface area (Å²) < 4.78 is 12.5. The molecule has 2 unspecified atom stereocenters. The minimum atomic E-state index is -0.394. The van der Waals surface area contributed by atoms with Gasteiger partial charge in [-0.2, -0.15) is 0 Å². The molecule has 0 aliphatic carbocycles. The van der Waals surface area contributed by atoms with Gasteiger partial charge in [-0.05, 0) is 86.0 Å². The molecule has 4 rings (SSSR count). The SMILES string of the molecule is CC1=C(c2cccc(O)c2)C(c2ccc(OC[C@H](C)N(C)C(CO)C(C)C)cc2)Oc2ccc(O)cc21. The van der Waals surface area contributed by atoms with E-state index in [1.54, 1.807) is 30.3 Å². The highest BCUT2D eigenvalue weighted by molar-refractivity contribution is 5.95. The molecular weight excluding hydrogens is 466 g/mol. The van der Waals surface area contributed by atoms with Crippen molar-refractivity contribution in [3.8, 4) is 23.0 Å². The number of phenolic OH excluding ortho intramolecular Hbond substituents is 2. The molecule has 0 spiro atoms. The molecule has 37 heavy (non-hydrogen) atoms. The molecule has 0 aromatic heterocycles. The molecule has 6 heteroatoms. The molecule has 0 bridgehead atoms. The first-order valence-electron chi connectivity index (χ1n) is 12.7. The molecule has 3 aromatic rings. The van der Waals surface area contributed by atoms with E-state index in [4.69, 9.17) is 9.47 Å². The predicted molar refractivity (Wildman–Crippen MR) is 147 cm³/mol. The molecule has 0 saturated carbocycles. The summed E-state index contributed by atoms with van der Waals surface area (Å²) in [6.45, 7) is 8.95. The van der Waals surface area contributed by atoms with Crippen LogP contribution < -0.4 is 9.47 Å². The smallest absolute Gasteiger partial charge is 0.150 e.